The van der Waals surface area contributed by atoms with E-state index in [1.54, 1.807) is 0 Å². The lowest BCUT2D eigenvalue weighted by molar-refractivity contribution is 0.0407. The van der Waals surface area contributed by atoms with Crippen LogP contribution in [-0.4, -0.2) is 69.0 Å². The number of nitrogens with zero attached hydrogens (tertiary/aromatic N) is 2. The number of rotatable bonds is 6. The standard InChI is InChI=1S/C20H38N4O2S.HI/c1-2-21-19(22-15-18-9-14-27(25,26)16-18)23-17-20(10-5-3-6-11-20)24-12-7-4-8-13-24;/h18H,2-17H2,1H3,(H2,21,22,23);1H. The second-order valence-corrected chi connectivity index (χ2v) is 10.9. The highest BCUT2D eigenvalue weighted by Crippen LogP contribution is 2.35. The third kappa shape index (κ3) is 6.72. The Morgan fingerprint density at radius 1 is 1.07 bits per heavy atom. The summed E-state index contributed by atoms with van der Waals surface area (Å²) in [6.07, 6.45) is 11.3. The van der Waals surface area contributed by atoms with E-state index >= 15 is 0 Å². The topological polar surface area (TPSA) is 73.8 Å². The molecule has 1 unspecified atom stereocenters. The summed E-state index contributed by atoms with van der Waals surface area (Å²) in [6, 6.07) is 0. The molecule has 164 valence electrons. The summed E-state index contributed by atoms with van der Waals surface area (Å²) in [6.45, 7) is 6.90. The molecule has 0 aromatic heterocycles. The molecule has 8 heteroatoms. The Morgan fingerprint density at radius 2 is 1.75 bits per heavy atom. The molecule has 0 amide bonds. The molecule has 2 heterocycles. The van der Waals surface area contributed by atoms with Crippen LogP contribution in [0.4, 0.5) is 0 Å². The Balaban J connectivity index is 0.00000280. The largest absolute Gasteiger partial charge is 0.357 e. The summed E-state index contributed by atoms with van der Waals surface area (Å²) < 4.78 is 23.4. The zero-order valence-electron chi connectivity index (χ0n) is 17.4. The molecular formula is C20H39IN4O2S. The second-order valence-electron chi connectivity index (χ2n) is 8.68. The van der Waals surface area contributed by atoms with Gasteiger partial charge in [0.1, 0.15) is 0 Å². The van der Waals surface area contributed by atoms with Crippen LogP contribution in [0, 0.1) is 5.92 Å². The number of hydrogen-bond donors (Lipinski definition) is 2. The Morgan fingerprint density at radius 3 is 2.36 bits per heavy atom. The van der Waals surface area contributed by atoms with E-state index in [1.165, 1.54) is 64.5 Å². The average molecular weight is 527 g/mol. The number of guanidine groups is 1. The maximum Gasteiger partial charge on any atom is 0.191 e. The molecule has 1 saturated carbocycles. The van der Waals surface area contributed by atoms with E-state index in [0.717, 1.165) is 25.5 Å². The molecule has 1 atom stereocenters. The van der Waals surface area contributed by atoms with E-state index in [2.05, 4.69) is 22.5 Å². The molecule has 6 nitrogen and oxygen atoms in total. The molecular weight excluding hydrogens is 487 g/mol. The minimum atomic E-state index is -2.82. The molecule has 0 bridgehead atoms. The summed E-state index contributed by atoms with van der Waals surface area (Å²) in [7, 11) is -2.82. The third-order valence-corrected chi connectivity index (χ3v) is 8.41. The predicted octanol–water partition coefficient (Wildman–Crippen LogP) is 2.78. The highest BCUT2D eigenvalue weighted by Gasteiger charge is 2.38. The smallest absolute Gasteiger partial charge is 0.191 e. The van der Waals surface area contributed by atoms with Gasteiger partial charge in [0, 0.05) is 18.6 Å². The van der Waals surface area contributed by atoms with Crippen molar-refractivity contribution < 1.29 is 8.42 Å². The van der Waals surface area contributed by atoms with E-state index in [1.807, 2.05) is 0 Å². The van der Waals surface area contributed by atoms with Crippen LogP contribution >= 0.6 is 24.0 Å². The maximum atomic E-state index is 11.7. The molecule has 1 aliphatic carbocycles. The third-order valence-electron chi connectivity index (χ3n) is 6.57. The molecule has 3 fully saturated rings. The molecule has 0 radical (unpaired) electrons. The minimum absolute atomic E-state index is 0. The first-order valence-corrected chi connectivity index (χ1v) is 12.8. The molecule has 3 aliphatic rings. The number of hydrogen-bond acceptors (Lipinski definition) is 4. The second kappa shape index (κ2) is 11.3. The first kappa shape index (κ1) is 24.2. The van der Waals surface area contributed by atoms with E-state index in [4.69, 9.17) is 4.99 Å². The van der Waals surface area contributed by atoms with Crippen molar-refractivity contribution in [2.24, 2.45) is 10.9 Å². The maximum absolute atomic E-state index is 11.7. The number of sulfone groups is 1. The quantitative estimate of drug-likeness (QED) is 0.317. The fourth-order valence-corrected chi connectivity index (χ4v) is 6.86. The van der Waals surface area contributed by atoms with Gasteiger partial charge in [-0.15, -0.1) is 24.0 Å². The normalized spacial score (nSPS) is 27.8. The Labute approximate surface area is 188 Å². The van der Waals surface area contributed by atoms with E-state index in [9.17, 15) is 8.42 Å². The minimum Gasteiger partial charge on any atom is -0.357 e. The van der Waals surface area contributed by atoms with Crippen LogP contribution < -0.4 is 10.6 Å². The van der Waals surface area contributed by atoms with Crippen molar-refractivity contribution in [2.45, 2.75) is 70.3 Å². The van der Waals surface area contributed by atoms with Gasteiger partial charge in [-0.3, -0.25) is 9.89 Å². The molecule has 28 heavy (non-hydrogen) atoms. The average Bonchev–Trinajstić information content (AvgIpc) is 3.04. The number of nitrogens with one attached hydrogen (secondary N) is 2. The molecule has 2 aliphatic heterocycles. The highest BCUT2D eigenvalue weighted by atomic mass is 127. The Hall–Kier alpha value is -0.0900. The van der Waals surface area contributed by atoms with Crippen LogP contribution in [0.15, 0.2) is 4.99 Å². The van der Waals surface area contributed by atoms with Gasteiger partial charge in [-0.25, -0.2) is 8.42 Å². The van der Waals surface area contributed by atoms with Crippen molar-refractivity contribution in [3.63, 3.8) is 0 Å². The van der Waals surface area contributed by atoms with Crippen LogP contribution in [0.1, 0.15) is 64.7 Å². The van der Waals surface area contributed by atoms with Crippen molar-refractivity contribution in [1.29, 1.82) is 0 Å². The van der Waals surface area contributed by atoms with Gasteiger partial charge in [0.25, 0.3) is 0 Å². The number of aliphatic imine (C=N–C) groups is 1. The van der Waals surface area contributed by atoms with Gasteiger partial charge < -0.3 is 10.6 Å². The first-order valence-electron chi connectivity index (χ1n) is 11.0. The van der Waals surface area contributed by atoms with E-state index in [-0.39, 0.29) is 35.4 Å². The Bertz CT molecular complexity index is 599. The number of piperidine rings is 1. The fourth-order valence-electron chi connectivity index (χ4n) is 4.99. The van der Waals surface area contributed by atoms with Crippen molar-refractivity contribution in [2.75, 3.05) is 44.2 Å². The SMILES string of the molecule is CCNC(=NCC1(N2CCCCC2)CCCCC1)NCC1CCS(=O)(=O)C1.I. The van der Waals surface area contributed by atoms with E-state index < -0.39 is 9.84 Å². The van der Waals surface area contributed by atoms with Gasteiger partial charge in [0.05, 0.1) is 18.1 Å². The van der Waals surface area contributed by atoms with Crippen molar-refractivity contribution in [3.8, 4) is 0 Å². The first-order chi connectivity index (χ1) is 13.0. The molecule has 3 rings (SSSR count). The van der Waals surface area contributed by atoms with Crippen molar-refractivity contribution in [1.82, 2.24) is 15.5 Å². The van der Waals surface area contributed by atoms with Gasteiger partial charge >= 0.3 is 0 Å². The molecule has 2 saturated heterocycles. The van der Waals surface area contributed by atoms with Crippen molar-refractivity contribution >= 4 is 39.8 Å². The summed E-state index contributed by atoms with van der Waals surface area (Å²) in [4.78, 5) is 7.71. The van der Waals surface area contributed by atoms with E-state index in [0.29, 0.717) is 18.1 Å². The monoisotopic (exact) mass is 526 g/mol. The highest BCUT2D eigenvalue weighted by molar-refractivity contribution is 14.0. The molecule has 0 aromatic carbocycles. The number of halogens is 1. The van der Waals surface area contributed by atoms with Crippen LogP contribution in [0.2, 0.25) is 0 Å². The summed E-state index contributed by atoms with van der Waals surface area (Å²) in [5, 5.41) is 6.77. The van der Waals surface area contributed by atoms with Gasteiger partial charge in [0.2, 0.25) is 0 Å². The van der Waals surface area contributed by atoms with Crippen LogP contribution in [0.3, 0.4) is 0 Å². The van der Waals surface area contributed by atoms with Crippen LogP contribution in [0.5, 0.6) is 0 Å². The Kier molecular flexibility index (Phi) is 9.80. The lowest BCUT2D eigenvalue weighted by Crippen LogP contribution is -2.54. The zero-order valence-corrected chi connectivity index (χ0v) is 20.6. The molecule has 0 aromatic rings. The number of likely N-dealkylation sites (tertiary alicyclic amines) is 1. The van der Waals surface area contributed by atoms with Gasteiger partial charge in [-0.05, 0) is 58.0 Å². The fraction of sp³-hybridized carbons (Fsp3) is 0.950. The van der Waals surface area contributed by atoms with Gasteiger partial charge in [-0.1, -0.05) is 25.7 Å². The summed E-state index contributed by atoms with van der Waals surface area (Å²) in [5.41, 5.74) is 0.234. The van der Waals surface area contributed by atoms with Gasteiger partial charge in [0.15, 0.2) is 15.8 Å². The van der Waals surface area contributed by atoms with Gasteiger partial charge in [-0.2, -0.15) is 0 Å². The molecule has 0 spiro atoms. The lowest BCUT2D eigenvalue weighted by Gasteiger charge is -2.47. The predicted molar refractivity (Wildman–Crippen MR) is 127 cm³/mol. The van der Waals surface area contributed by atoms with Crippen molar-refractivity contribution in [3.05, 3.63) is 0 Å². The zero-order chi connectivity index (χ0) is 19.2. The summed E-state index contributed by atoms with van der Waals surface area (Å²) >= 11 is 0. The lowest BCUT2D eigenvalue weighted by atomic mass is 9.79. The van der Waals surface area contributed by atoms with Crippen LogP contribution in [0.25, 0.3) is 0 Å². The summed E-state index contributed by atoms with van der Waals surface area (Å²) in [5.74, 6) is 1.72. The molecule has 2 N–H and O–H groups in total. The van der Waals surface area contributed by atoms with Crippen LogP contribution in [-0.2, 0) is 9.84 Å².